The number of amides is 1. The number of hydrogen-bond donors (Lipinski definition) is 1. The van der Waals surface area contributed by atoms with Gasteiger partial charge >= 0.3 is 6.09 Å². The molecular weight excluding hydrogens is 320 g/mol. The van der Waals surface area contributed by atoms with Crippen LogP contribution in [0, 0.1) is 6.92 Å². The van der Waals surface area contributed by atoms with E-state index in [1.807, 2.05) is 0 Å². The van der Waals surface area contributed by atoms with Crippen LogP contribution in [0.1, 0.15) is 24.4 Å². The van der Waals surface area contributed by atoms with E-state index in [1.54, 1.807) is 0 Å². The Balaban J connectivity index is 1.90. The molecule has 0 unspecified atom stereocenters. The number of aryl methyl sites for hydroxylation is 1. The van der Waals surface area contributed by atoms with Gasteiger partial charge in [0.15, 0.2) is 0 Å². The Labute approximate surface area is 126 Å². The van der Waals surface area contributed by atoms with Gasteiger partial charge in [0.1, 0.15) is 0 Å². The minimum absolute atomic E-state index is 0.386. The molecule has 3 rings (SSSR count). The SMILES string of the molecule is Cc1cc(Br)c2ccn(C3CCN(C(=O)O)CC3)c2c1. The Morgan fingerprint density at radius 1 is 1.35 bits per heavy atom. The third-order valence-electron chi connectivity index (χ3n) is 4.06. The minimum Gasteiger partial charge on any atom is -0.465 e. The van der Waals surface area contributed by atoms with E-state index in [9.17, 15) is 4.79 Å². The first kappa shape index (κ1) is 13.5. The van der Waals surface area contributed by atoms with Crippen LogP contribution in [0.2, 0.25) is 0 Å². The van der Waals surface area contributed by atoms with Crippen LogP contribution in [0.4, 0.5) is 4.79 Å². The quantitative estimate of drug-likeness (QED) is 0.854. The van der Waals surface area contributed by atoms with Crippen molar-refractivity contribution in [2.24, 2.45) is 0 Å². The first-order chi connectivity index (χ1) is 9.56. The zero-order valence-corrected chi connectivity index (χ0v) is 12.9. The van der Waals surface area contributed by atoms with Crippen LogP contribution in [0.5, 0.6) is 0 Å². The highest BCUT2D eigenvalue weighted by atomic mass is 79.9. The molecule has 2 aromatic rings. The summed E-state index contributed by atoms with van der Waals surface area (Å²) in [5.74, 6) is 0. The van der Waals surface area contributed by atoms with Crippen molar-refractivity contribution in [3.8, 4) is 0 Å². The molecule has 1 saturated heterocycles. The average Bonchev–Trinajstić information content (AvgIpc) is 2.82. The number of carboxylic acid groups (broad SMARTS) is 1. The Bertz CT molecular complexity index is 657. The molecule has 0 bridgehead atoms. The maximum absolute atomic E-state index is 11.0. The third kappa shape index (κ3) is 2.30. The number of benzene rings is 1. The van der Waals surface area contributed by atoms with Crippen LogP contribution >= 0.6 is 15.9 Å². The second kappa shape index (κ2) is 5.13. The predicted octanol–water partition coefficient (Wildman–Crippen LogP) is 4.03. The number of piperidine rings is 1. The van der Waals surface area contributed by atoms with Crippen molar-refractivity contribution < 1.29 is 9.90 Å². The van der Waals surface area contributed by atoms with Crippen molar-refractivity contribution in [3.05, 3.63) is 34.4 Å². The molecule has 1 aromatic carbocycles. The van der Waals surface area contributed by atoms with E-state index in [0.717, 1.165) is 17.3 Å². The van der Waals surface area contributed by atoms with E-state index in [1.165, 1.54) is 21.4 Å². The highest BCUT2D eigenvalue weighted by Gasteiger charge is 2.24. The Kier molecular flexibility index (Phi) is 3.46. The third-order valence-corrected chi connectivity index (χ3v) is 4.72. The summed E-state index contributed by atoms with van der Waals surface area (Å²) in [6, 6.07) is 6.84. The van der Waals surface area contributed by atoms with Crippen molar-refractivity contribution in [1.29, 1.82) is 0 Å². The van der Waals surface area contributed by atoms with Crippen molar-refractivity contribution in [2.75, 3.05) is 13.1 Å². The monoisotopic (exact) mass is 336 g/mol. The van der Waals surface area contributed by atoms with Crippen molar-refractivity contribution in [3.63, 3.8) is 0 Å². The van der Waals surface area contributed by atoms with Gasteiger partial charge in [-0.05, 0) is 43.5 Å². The Morgan fingerprint density at radius 2 is 2.05 bits per heavy atom. The molecule has 1 aliphatic heterocycles. The number of hydrogen-bond acceptors (Lipinski definition) is 1. The lowest BCUT2D eigenvalue weighted by Gasteiger charge is -2.31. The summed E-state index contributed by atoms with van der Waals surface area (Å²) in [4.78, 5) is 12.5. The Morgan fingerprint density at radius 3 is 2.70 bits per heavy atom. The molecule has 1 aromatic heterocycles. The molecule has 0 aliphatic carbocycles. The van der Waals surface area contributed by atoms with Gasteiger partial charge in [0, 0.05) is 40.7 Å². The predicted molar refractivity (Wildman–Crippen MR) is 82.2 cm³/mol. The number of nitrogens with zero attached hydrogens (tertiary/aromatic N) is 2. The van der Waals surface area contributed by atoms with E-state index < -0.39 is 6.09 Å². The lowest BCUT2D eigenvalue weighted by atomic mass is 10.0. The number of fused-ring (bicyclic) bond motifs is 1. The Hall–Kier alpha value is -1.49. The van der Waals surface area contributed by atoms with Crippen LogP contribution in [0.3, 0.4) is 0 Å². The zero-order chi connectivity index (χ0) is 14.3. The molecule has 0 radical (unpaired) electrons. The topological polar surface area (TPSA) is 45.5 Å². The van der Waals surface area contributed by atoms with E-state index in [0.29, 0.717) is 19.1 Å². The molecule has 1 fully saturated rings. The fourth-order valence-corrected chi connectivity index (χ4v) is 3.70. The normalized spacial score (nSPS) is 16.8. The molecule has 0 spiro atoms. The second-order valence-electron chi connectivity index (χ2n) is 5.40. The molecule has 1 N–H and O–H groups in total. The lowest BCUT2D eigenvalue weighted by Crippen LogP contribution is -2.37. The van der Waals surface area contributed by atoms with Crippen LogP contribution in [-0.2, 0) is 0 Å². The fraction of sp³-hybridized carbons (Fsp3) is 0.400. The highest BCUT2D eigenvalue weighted by Crippen LogP contribution is 2.32. The van der Waals surface area contributed by atoms with Gasteiger partial charge in [-0.2, -0.15) is 0 Å². The van der Waals surface area contributed by atoms with Crippen LogP contribution in [-0.4, -0.2) is 33.8 Å². The lowest BCUT2D eigenvalue weighted by molar-refractivity contribution is 0.126. The smallest absolute Gasteiger partial charge is 0.407 e. The molecular formula is C15H17BrN2O2. The molecule has 1 aliphatic rings. The first-order valence-corrected chi connectivity index (χ1v) is 7.60. The molecule has 5 heteroatoms. The maximum Gasteiger partial charge on any atom is 0.407 e. The van der Waals surface area contributed by atoms with E-state index in [2.05, 4.69) is 51.8 Å². The van der Waals surface area contributed by atoms with E-state index in [-0.39, 0.29) is 0 Å². The number of carbonyl (C=O) groups is 1. The van der Waals surface area contributed by atoms with Gasteiger partial charge in [0.2, 0.25) is 0 Å². The van der Waals surface area contributed by atoms with Gasteiger partial charge in [0.25, 0.3) is 0 Å². The average molecular weight is 337 g/mol. The van der Waals surface area contributed by atoms with Crippen LogP contribution < -0.4 is 0 Å². The molecule has 20 heavy (non-hydrogen) atoms. The summed E-state index contributed by atoms with van der Waals surface area (Å²) in [7, 11) is 0. The summed E-state index contributed by atoms with van der Waals surface area (Å²) in [5, 5.41) is 10.2. The van der Waals surface area contributed by atoms with Crippen molar-refractivity contribution in [2.45, 2.75) is 25.8 Å². The number of halogens is 1. The summed E-state index contributed by atoms with van der Waals surface area (Å²) < 4.78 is 3.42. The first-order valence-electron chi connectivity index (χ1n) is 6.81. The van der Waals surface area contributed by atoms with Crippen molar-refractivity contribution in [1.82, 2.24) is 9.47 Å². The summed E-state index contributed by atoms with van der Waals surface area (Å²) in [6.45, 7) is 3.33. The number of aromatic nitrogens is 1. The number of rotatable bonds is 1. The summed E-state index contributed by atoms with van der Waals surface area (Å²) >= 11 is 3.61. The maximum atomic E-state index is 11.0. The second-order valence-corrected chi connectivity index (χ2v) is 6.26. The van der Waals surface area contributed by atoms with Crippen LogP contribution in [0.15, 0.2) is 28.9 Å². The number of likely N-dealkylation sites (tertiary alicyclic amines) is 1. The van der Waals surface area contributed by atoms with Gasteiger partial charge in [-0.1, -0.05) is 15.9 Å². The molecule has 4 nitrogen and oxygen atoms in total. The van der Waals surface area contributed by atoms with Gasteiger partial charge < -0.3 is 14.6 Å². The van der Waals surface area contributed by atoms with E-state index >= 15 is 0 Å². The van der Waals surface area contributed by atoms with Crippen molar-refractivity contribution >= 4 is 32.9 Å². The van der Waals surface area contributed by atoms with Gasteiger partial charge in [-0.3, -0.25) is 0 Å². The molecule has 0 atom stereocenters. The zero-order valence-electron chi connectivity index (χ0n) is 11.3. The molecule has 106 valence electrons. The van der Waals surface area contributed by atoms with E-state index in [4.69, 9.17) is 5.11 Å². The van der Waals surface area contributed by atoms with Gasteiger partial charge in [0.05, 0.1) is 0 Å². The standard InChI is InChI=1S/C15H17BrN2O2/c1-10-8-13(16)12-4-7-18(14(12)9-10)11-2-5-17(6-3-11)15(19)20/h4,7-9,11H,2-3,5-6H2,1H3,(H,19,20). The highest BCUT2D eigenvalue weighted by molar-refractivity contribution is 9.10. The largest absolute Gasteiger partial charge is 0.465 e. The molecule has 1 amide bonds. The summed E-state index contributed by atoms with van der Waals surface area (Å²) in [5.41, 5.74) is 2.46. The van der Waals surface area contributed by atoms with Gasteiger partial charge in [-0.15, -0.1) is 0 Å². The molecule has 2 heterocycles. The summed E-state index contributed by atoms with van der Waals surface area (Å²) in [6.07, 6.45) is 3.07. The van der Waals surface area contributed by atoms with Crippen LogP contribution in [0.25, 0.3) is 10.9 Å². The minimum atomic E-state index is -0.806. The van der Waals surface area contributed by atoms with Gasteiger partial charge in [-0.25, -0.2) is 4.79 Å². The molecule has 0 saturated carbocycles. The fourth-order valence-electron chi connectivity index (χ4n) is 3.00.